The average molecular weight is 191 g/mol. The molecule has 1 aromatic carbocycles. The monoisotopic (exact) mass is 191 g/mol. The highest BCUT2D eigenvalue weighted by Crippen LogP contribution is 2.01. The molecule has 0 saturated heterocycles. The van der Waals surface area contributed by atoms with Crippen LogP contribution in [0, 0.1) is 0 Å². The average Bonchev–Trinajstić information content (AvgIpc) is 2.15. The Hall–Kier alpha value is -1.77. The first-order valence-corrected chi connectivity index (χ1v) is 4.41. The normalized spacial score (nSPS) is 12.6. The van der Waals surface area contributed by atoms with Gasteiger partial charge in [0, 0.05) is 6.04 Å². The van der Waals surface area contributed by atoms with E-state index in [0.29, 0.717) is 0 Å². The molecule has 0 fully saturated rings. The van der Waals surface area contributed by atoms with Crippen LogP contribution in [0.3, 0.4) is 0 Å². The number of nitrogens with one attached hydrogen (secondary N) is 1. The van der Waals surface area contributed by atoms with E-state index in [0.717, 1.165) is 5.56 Å². The summed E-state index contributed by atoms with van der Waals surface area (Å²) in [6, 6.07) is 9.57. The predicted octanol–water partition coefficient (Wildman–Crippen LogP) is 2.36. The van der Waals surface area contributed by atoms with E-state index in [1.165, 1.54) is 0 Å². The lowest BCUT2D eigenvalue weighted by Crippen LogP contribution is -2.29. The maximum Gasteiger partial charge on any atom is 0.405 e. The fraction of sp³-hybridized carbons (Fsp3) is 0.182. The lowest BCUT2D eigenvalue weighted by atomic mass is 10.2. The third-order valence-corrected chi connectivity index (χ3v) is 1.73. The molecule has 3 heteroatoms. The topological polar surface area (TPSA) is 49.3 Å². The van der Waals surface area contributed by atoms with Crippen LogP contribution in [0.4, 0.5) is 4.79 Å². The Morgan fingerprint density at radius 3 is 2.64 bits per heavy atom. The van der Waals surface area contributed by atoms with E-state index in [-0.39, 0.29) is 6.04 Å². The maximum atomic E-state index is 10.3. The van der Waals surface area contributed by atoms with Gasteiger partial charge in [-0.2, -0.15) is 0 Å². The third kappa shape index (κ3) is 3.76. The van der Waals surface area contributed by atoms with E-state index in [1.807, 2.05) is 42.5 Å². The molecule has 1 unspecified atom stereocenters. The first-order chi connectivity index (χ1) is 6.68. The quantitative estimate of drug-likeness (QED) is 0.770. The van der Waals surface area contributed by atoms with Gasteiger partial charge in [-0.25, -0.2) is 4.79 Å². The van der Waals surface area contributed by atoms with Crippen molar-refractivity contribution in [3.8, 4) is 0 Å². The first kappa shape index (κ1) is 10.3. The number of hydrogen-bond acceptors (Lipinski definition) is 1. The van der Waals surface area contributed by atoms with Gasteiger partial charge < -0.3 is 10.4 Å². The Morgan fingerprint density at radius 2 is 2.07 bits per heavy atom. The zero-order valence-electron chi connectivity index (χ0n) is 7.97. The van der Waals surface area contributed by atoms with Crippen LogP contribution >= 0.6 is 0 Å². The fourth-order valence-corrected chi connectivity index (χ4v) is 1.06. The van der Waals surface area contributed by atoms with Crippen molar-refractivity contribution in [3.63, 3.8) is 0 Å². The van der Waals surface area contributed by atoms with Crippen LogP contribution in [0.1, 0.15) is 12.5 Å². The molecule has 14 heavy (non-hydrogen) atoms. The Bertz CT molecular complexity index is 319. The molecule has 1 atom stereocenters. The lowest BCUT2D eigenvalue weighted by molar-refractivity contribution is 0.193. The second-order valence-electron chi connectivity index (χ2n) is 3.01. The summed E-state index contributed by atoms with van der Waals surface area (Å²) in [5.74, 6) is 0. The zero-order chi connectivity index (χ0) is 10.4. The SMILES string of the molecule is CC(C=Cc1ccccc1)NC(=O)O. The molecule has 0 heterocycles. The Morgan fingerprint density at radius 1 is 1.43 bits per heavy atom. The van der Waals surface area contributed by atoms with E-state index >= 15 is 0 Å². The summed E-state index contributed by atoms with van der Waals surface area (Å²) in [6.45, 7) is 1.79. The van der Waals surface area contributed by atoms with Gasteiger partial charge in [-0.05, 0) is 12.5 Å². The van der Waals surface area contributed by atoms with Crippen molar-refractivity contribution in [3.05, 3.63) is 42.0 Å². The summed E-state index contributed by atoms with van der Waals surface area (Å²) in [5, 5.41) is 10.8. The number of rotatable bonds is 3. The summed E-state index contributed by atoms with van der Waals surface area (Å²) < 4.78 is 0. The molecule has 74 valence electrons. The molecule has 0 spiro atoms. The van der Waals surface area contributed by atoms with Crippen molar-refractivity contribution < 1.29 is 9.90 Å². The summed E-state index contributed by atoms with van der Waals surface area (Å²) in [5.41, 5.74) is 1.06. The third-order valence-electron chi connectivity index (χ3n) is 1.73. The molecule has 0 aliphatic carbocycles. The Balaban J connectivity index is 2.52. The lowest BCUT2D eigenvalue weighted by Gasteiger charge is -2.04. The standard InChI is InChI=1S/C11H13NO2/c1-9(12-11(13)14)7-8-10-5-3-2-4-6-10/h2-9,12H,1H3,(H,13,14). The van der Waals surface area contributed by atoms with Crippen LogP contribution in [-0.4, -0.2) is 17.2 Å². The van der Waals surface area contributed by atoms with Crippen molar-refractivity contribution in [1.29, 1.82) is 0 Å². The number of hydrogen-bond donors (Lipinski definition) is 2. The van der Waals surface area contributed by atoms with E-state index < -0.39 is 6.09 Å². The van der Waals surface area contributed by atoms with Crippen molar-refractivity contribution >= 4 is 12.2 Å². The molecule has 0 aliphatic heterocycles. The van der Waals surface area contributed by atoms with Crippen LogP contribution in [0.5, 0.6) is 0 Å². The van der Waals surface area contributed by atoms with Gasteiger partial charge in [0.25, 0.3) is 0 Å². The zero-order valence-corrected chi connectivity index (χ0v) is 7.97. The molecule has 0 aromatic heterocycles. The molecule has 0 saturated carbocycles. The second kappa shape index (κ2) is 5.07. The molecule has 3 nitrogen and oxygen atoms in total. The van der Waals surface area contributed by atoms with Crippen LogP contribution in [0.25, 0.3) is 6.08 Å². The van der Waals surface area contributed by atoms with Crippen molar-refractivity contribution in [2.45, 2.75) is 13.0 Å². The molecular formula is C11H13NO2. The van der Waals surface area contributed by atoms with E-state index in [4.69, 9.17) is 5.11 Å². The van der Waals surface area contributed by atoms with Crippen LogP contribution in [0.2, 0.25) is 0 Å². The largest absolute Gasteiger partial charge is 0.465 e. The Kier molecular flexibility index (Phi) is 3.73. The highest BCUT2D eigenvalue weighted by Gasteiger charge is 1.98. The minimum Gasteiger partial charge on any atom is -0.465 e. The molecule has 0 radical (unpaired) electrons. The van der Waals surface area contributed by atoms with E-state index in [1.54, 1.807) is 6.92 Å². The van der Waals surface area contributed by atoms with E-state index in [9.17, 15) is 4.79 Å². The molecule has 2 N–H and O–H groups in total. The predicted molar refractivity (Wildman–Crippen MR) is 56.1 cm³/mol. The van der Waals surface area contributed by atoms with E-state index in [2.05, 4.69) is 5.32 Å². The van der Waals surface area contributed by atoms with Gasteiger partial charge in [0.15, 0.2) is 0 Å². The van der Waals surface area contributed by atoms with Crippen molar-refractivity contribution in [1.82, 2.24) is 5.32 Å². The van der Waals surface area contributed by atoms with Gasteiger partial charge >= 0.3 is 6.09 Å². The van der Waals surface area contributed by atoms with Gasteiger partial charge in [-0.15, -0.1) is 0 Å². The minimum absolute atomic E-state index is 0.173. The minimum atomic E-state index is -1.00. The molecule has 1 rings (SSSR count). The van der Waals surface area contributed by atoms with Gasteiger partial charge in [-0.1, -0.05) is 42.5 Å². The second-order valence-corrected chi connectivity index (χ2v) is 3.01. The summed E-state index contributed by atoms with van der Waals surface area (Å²) in [4.78, 5) is 10.3. The molecule has 1 amide bonds. The maximum absolute atomic E-state index is 10.3. The summed E-state index contributed by atoms with van der Waals surface area (Å²) in [6.07, 6.45) is 2.69. The van der Waals surface area contributed by atoms with Gasteiger partial charge in [0.2, 0.25) is 0 Å². The number of benzene rings is 1. The smallest absolute Gasteiger partial charge is 0.405 e. The van der Waals surface area contributed by atoms with Crippen LogP contribution in [-0.2, 0) is 0 Å². The number of carboxylic acid groups (broad SMARTS) is 1. The first-order valence-electron chi connectivity index (χ1n) is 4.41. The van der Waals surface area contributed by atoms with Crippen LogP contribution in [0.15, 0.2) is 36.4 Å². The highest BCUT2D eigenvalue weighted by atomic mass is 16.4. The Labute approximate surface area is 83.1 Å². The van der Waals surface area contributed by atoms with Crippen molar-refractivity contribution in [2.75, 3.05) is 0 Å². The number of amides is 1. The fourth-order valence-electron chi connectivity index (χ4n) is 1.06. The van der Waals surface area contributed by atoms with Crippen molar-refractivity contribution in [2.24, 2.45) is 0 Å². The van der Waals surface area contributed by atoms with Gasteiger partial charge in [0.1, 0.15) is 0 Å². The summed E-state index contributed by atoms with van der Waals surface area (Å²) >= 11 is 0. The summed E-state index contributed by atoms with van der Waals surface area (Å²) in [7, 11) is 0. The highest BCUT2D eigenvalue weighted by molar-refractivity contribution is 5.65. The van der Waals surface area contributed by atoms with Gasteiger partial charge in [0.05, 0.1) is 0 Å². The van der Waals surface area contributed by atoms with Gasteiger partial charge in [-0.3, -0.25) is 0 Å². The number of carbonyl (C=O) groups is 1. The molecular weight excluding hydrogens is 178 g/mol. The molecule has 0 bridgehead atoms. The molecule has 1 aromatic rings. The van der Waals surface area contributed by atoms with Crippen LogP contribution < -0.4 is 5.32 Å². The molecule has 0 aliphatic rings.